The third-order valence-corrected chi connectivity index (χ3v) is 9.66. The van der Waals surface area contributed by atoms with E-state index in [-0.39, 0.29) is 17.6 Å². The smallest absolute Gasteiger partial charge is 0.251 e. The van der Waals surface area contributed by atoms with Gasteiger partial charge in [0, 0.05) is 72.7 Å². The lowest BCUT2D eigenvalue weighted by Gasteiger charge is -2.47. The first-order valence-electron chi connectivity index (χ1n) is 14.8. The van der Waals surface area contributed by atoms with Gasteiger partial charge in [-0.1, -0.05) is 12.1 Å². The Balaban J connectivity index is 1.09. The van der Waals surface area contributed by atoms with Crippen LogP contribution in [0.1, 0.15) is 48.9 Å². The van der Waals surface area contributed by atoms with Gasteiger partial charge in [-0.2, -0.15) is 5.10 Å². The number of nitrogens with zero attached hydrogens (tertiary/aromatic N) is 3. The molecule has 1 amide bonds. The molecule has 212 valence electrons. The number of piperidine rings is 1. The van der Waals surface area contributed by atoms with Crippen LogP contribution in [0.3, 0.4) is 0 Å². The Morgan fingerprint density at radius 2 is 1.70 bits per heavy atom. The molecule has 0 radical (unpaired) electrons. The van der Waals surface area contributed by atoms with Crippen molar-refractivity contribution in [2.45, 2.75) is 62.3 Å². The molecule has 4 aliphatic heterocycles. The molecule has 5 heterocycles. The van der Waals surface area contributed by atoms with Crippen molar-refractivity contribution in [1.29, 1.82) is 0 Å². The number of amides is 1. The minimum absolute atomic E-state index is 0.0636. The fraction of sp³-hybridized carbons (Fsp3) is 0.548. The van der Waals surface area contributed by atoms with Crippen molar-refractivity contribution in [3.63, 3.8) is 0 Å². The largest absolute Gasteiger partial charge is 0.393 e. The second-order valence-corrected chi connectivity index (χ2v) is 11.9. The van der Waals surface area contributed by atoms with E-state index < -0.39 is 0 Å². The number of morpholine rings is 1. The summed E-state index contributed by atoms with van der Waals surface area (Å²) in [4.78, 5) is 18.4. The van der Waals surface area contributed by atoms with Crippen LogP contribution in [-0.2, 0) is 9.47 Å². The van der Waals surface area contributed by atoms with E-state index in [0.717, 1.165) is 100 Å². The lowest BCUT2D eigenvalue weighted by molar-refractivity contribution is -0.0693. The number of hydrogen-bond acceptors (Lipinski definition) is 7. The van der Waals surface area contributed by atoms with E-state index in [1.54, 1.807) is 0 Å². The summed E-state index contributed by atoms with van der Waals surface area (Å²) in [6.45, 7) is 5.29. The first-order chi connectivity index (χ1) is 19.6. The highest BCUT2D eigenvalue weighted by atomic mass is 16.5. The van der Waals surface area contributed by atoms with Gasteiger partial charge >= 0.3 is 0 Å². The van der Waals surface area contributed by atoms with Crippen LogP contribution in [0.2, 0.25) is 0 Å². The molecule has 3 aromatic rings. The molecule has 0 saturated carbocycles. The molecule has 2 atom stereocenters. The Morgan fingerprint density at radius 3 is 2.42 bits per heavy atom. The van der Waals surface area contributed by atoms with Crippen LogP contribution in [0.5, 0.6) is 0 Å². The number of carbonyl (C=O) groups is 1. The van der Waals surface area contributed by atoms with E-state index in [2.05, 4.69) is 49.6 Å². The van der Waals surface area contributed by atoms with Gasteiger partial charge in [0.2, 0.25) is 0 Å². The van der Waals surface area contributed by atoms with Gasteiger partial charge in [-0.05, 0) is 68.9 Å². The Hall–Kier alpha value is -2.98. The number of nitrogens with one attached hydrogen (secondary N) is 2. The number of ether oxygens (including phenoxy) is 2. The van der Waals surface area contributed by atoms with Crippen LogP contribution < -0.4 is 10.2 Å². The number of aliphatic hydroxyl groups excluding tert-OH is 1. The van der Waals surface area contributed by atoms with Crippen LogP contribution in [0.4, 0.5) is 5.69 Å². The second-order valence-electron chi connectivity index (χ2n) is 11.9. The van der Waals surface area contributed by atoms with Gasteiger partial charge in [-0.25, -0.2) is 0 Å². The third-order valence-electron chi connectivity index (χ3n) is 9.66. The number of anilines is 1. The molecule has 2 unspecified atom stereocenters. The predicted molar refractivity (Wildman–Crippen MR) is 154 cm³/mol. The van der Waals surface area contributed by atoms with Crippen molar-refractivity contribution in [1.82, 2.24) is 20.4 Å². The number of aromatic amines is 1. The van der Waals surface area contributed by atoms with Crippen molar-refractivity contribution >= 4 is 22.5 Å². The van der Waals surface area contributed by atoms with Crippen molar-refractivity contribution in [3.05, 3.63) is 48.0 Å². The molecule has 9 heteroatoms. The lowest BCUT2D eigenvalue weighted by Crippen LogP contribution is -2.61. The zero-order valence-corrected chi connectivity index (χ0v) is 23.0. The maximum absolute atomic E-state index is 13.4. The first kappa shape index (κ1) is 26.0. The fourth-order valence-corrected chi connectivity index (χ4v) is 7.48. The summed E-state index contributed by atoms with van der Waals surface area (Å²) in [5.41, 5.74) is 4.54. The summed E-state index contributed by atoms with van der Waals surface area (Å²) in [6, 6.07) is 15.2. The zero-order valence-electron chi connectivity index (χ0n) is 23.0. The number of rotatable bonds is 6. The highest BCUT2D eigenvalue weighted by Gasteiger charge is 2.41. The molecular formula is C31H39N5O4. The molecule has 3 N–H and O–H groups in total. The van der Waals surface area contributed by atoms with Crippen molar-refractivity contribution in [2.24, 2.45) is 0 Å². The molecule has 4 fully saturated rings. The van der Waals surface area contributed by atoms with Gasteiger partial charge < -0.3 is 24.8 Å². The lowest BCUT2D eigenvalue weighted by atomic mass is 9.87. The molecule has 4 aliphatic rings. The Labute approximate surface area is 234 Å². The van der Waals surface area contributed by atoms with Crippen molar-refractivity contribution in [3.8, 4) is 11.3 Å². The number of fused-ring (bicyclic) bond motifs is 3. The van der Waals surface area contributed by atoms with E-state index in [1.165, 1.54) is 5.69 Å². The zero-order chi connectivity index (χ0) is 27.1. The maximum Gasteiger partial charge on any atom is 0.251 e. The summed E-state index contributed by atoms with van der Waals surface area (Å²) in [5.74, 6) is -0.0636. The van der Waals surface area contributed by atoms with Gasteiger partial charge in [-0.15, -0.1) is 0 Å². The molecule has 1 aromatic heterocycles. The summed E-state index contributed by atoms with van der Waals surface area (Å²) in [5, 5.41) is 22.1. The summed E-state index contributed by atoms with van der Waals surface area (Å²) < 4.78 is 11.3. The number of hydrogen-bond donors (Lipinski definition) is 3. The minimum atomic E-state index is -0.170. The number of benzene rings is 2. The van der Waals surface area contributed by atoms with Gasteiger partial charge in [0.05, 0.1) is 30.5 Å². The van der Waals surface area contributed by atoms with Gasteiger partial charge in [-0.3, -0.25) is 14.8 Å². The minimum Gasteiger partial charge on any atom is -0.393 e. The molecule has 40 heavy (non-hydrogen) atoms. The van der Waals surface area contributed by atoms with E-state index in [4.69, 9.17) is 9.47 Å². The van der Waals surface area contributed by atoms with Crippen LogP contribution >= 0.6 is 0 Å². The van der Waals surface area contributed by atoms with Gasteiger partial charge in [0.25, 0.3) is 5.91 Å². The molecule has 4 saturated heterocycles. The number of aliphatic hydroxyl groups is 1. The molecule has 0 spiro atoms. The Kier molecular flexibility index (Phi) is 6.99. The topological polar surface area (TPSA) is 103 Å². The van der Waals surface area contributed by atoms with E-state index in [9.17, 15) is 9.90 Å². The van der Waals surface area contributed by atoms with Gasteiger partial charge in [0.1, 0.15) is 0 Å². The molecule has 9 nitrogen and oxygen atoms in total. The molecule has 0 aliphatic carbocycles. The first-order valence-corrected chi connectivity index (χ1v) is 14.8. The van der Waals surface area contributed by atoms with Gasteiger partial charge in [0.15, 0.2) is 0 Å². The summed E-state index contributed by atoms with van der Waals surface area (Å²) in [6.07, 6.45) is 5.67. The normalized spacial score (nSPS) is 26.7. The summed E-state index contributed by atoms with van der Waals surface area (Å²) in [7, 11) is 0. The summed E-state index contributed by atoms with van der Waals surface area (Å²) >= 11 is 0. The number of H-pyrrole nitrogens is 1. The standard InChI is InChI=1S/C31H39N5O4/c37-26-18-24-6-7-25(19-26)36(24)23-4-1-21(2-5-23)29-27-17-22(3-8-28(27)33-34-29)30(38)32-20-31(9-13-39-14-10-31)35-11-15-40-16-12-35/h1-5,8,17,24-26,37H,6-7,9-16,18-20H2,(H,32,38)(H,33,34). The molecule has 7 rings (SSSR count). The van der Waals surface area contributed by atoms with Crippen LogP contribution in [0, 0.1) is 0 Å². The van der Waals surface area contributed by atoms with Crippen molar-refractivity contribution in [2.75, 3.05) is 51.0 Å². The molecular weight excluding hydrogens is 506 g/mol. The molecule has 2 aromatic carbocycles. The predicted octanol–water partition coefficient (Wildman–Crippen LogP) is 3.33. The Bertz CT molecular complexity index is 1330. The SMILES string of the molecule is O=C(NCC1(N2CCOCC2)CCOCC1)c1ccc2[nH]nc(-c3ccc(N4C5CCC4CC(O)C5)cc3)c2c1. The van der Waals surface area contributed by atoms with Crippen LogP contribution in [0.25, 0.3) is 22.2 Å². The average Bonchev–Trinajstić information content (AvgIpc) is 3.55. The maximum atomic E-state index is 13.4. The fourth-order valence-electron chi connectivity index (χ4n) is 7.48. The second kappa shape index (κ2) is 10.8. The number of aromatic nitrogens is 2. The third kappa shape index (κ3) is 4.79. The van der Waals surface area contributed by atoms with E-state index in [0.29, 0.717) is 24.2 Å². The quantitative estimate of drug-likeness (QED) is 0.437. The van der Waals surface area contributed by atoms with Crippen LogP contribution in [0.15, 0.2) is 42.5 Å². The monoisotopic (exact) mass is 545 g/mol. The van der Waals surface area contributed by atoms with E-state index >= 15 is 0 Å². The van der Waals surface area contributed by atoms with Crippen molar-refractivity contribution < 1.29 is 19.4 Å². The number of carbonyl (C=O) groups excluding carboxylic acids is 1. The average molecular weight is 546 g/mol. The highest BCUT2D eigenvalue weighted by Crippen LogP contribution is 2.40. The highest BCUT2D eigenvalue weighted by molar-refractivity contribution is 6.01. The van der Waals surface area contributed by atoms with E-state index in [1.807, 2.05) is 18.2 Å². The molecule has 2 bridgehead atoms. The van der Waals surface area contributed by atoms with Crippen LogP contribution in [-0.4, -0.2) is 95.9 Å². The Morgan fingerprint density at radius 1 is 1.00 bits per heavy atom.